The lowest BCUT2D eigenvalue weighted by molar-refractivity contribution is -0.0527. The zero-order chi connectivity index (χ0) is 10.8. The normalized spacial score (nSPS) is 28.2. The van der Waals surface area contributed by atoms with Crippen molar-refractivity contribution in [1.82, 2.24) is 4.90 Å². The highest BCUT2D eigenvalue weighted by molar-refractivity contribution is 9.10. The van der Waals surface area contributed by atoms with Gasteiger partial charge in [-0.15, -0.1) is 0 Å². The Labute approximate surface area is 98.5 Å². The number of furan rings is 1. The molecule has 2 heterocycles. The molecule has 0 N–H and O–H groups in total. The van der Waals surface area contributed by atoms with Crippen molar-refractivity contribution in [2.45, 2.75) is 32.5 Å². The largest absolute Gasteiger partial charge is 0.457 e. The van der Waals surface area contributed by atoms with Crippen LogP contribution >= 0.6 is 15.9 Å². The van der Waals surface area contributed by atoms with Crippen molar-refractivity contribution in [3.8, 4) is 0 Å². The van der Waals surface area contributed by atoms with E-state index >= 15 is 0 Å². The van der Waals surface area contributed by atoms with E-state index in [4.69, 9.17) is 9.15 Å². The van der Waals surface area contributed by atoms with Gasteiger partial charge in [-0.2, -0.15) is 0 Å². The van der Waals surface area contributed by atoms with E-state index in [1.54, 1.807) is 6.26 Å². The van der Waals surface area contributed by atoms with Gasteiger partial charge in [0.25, 0.3) is 0 Å². The summed E-state index contributed by atoms with van der Waals surface area (Å²) in [6.45, 7) is 7.05. The Kier molecular flexibility index (Phi) is 3.49. The van der Waals surface area contributed by atoms with Gasteiger partial charge in [-0.25, -0.2) is 0 Å². The third-order valence-electron chi connectivity index (χ3n) is 2.74. The maximum absolute atomic E-state index is 5.59. The smallest absolute Gasteiger partial charge is 0.169 e. The maximum Gasteiger partial charge on any atom is 0.169 e. The summed E-state index contributed by atoms with van der Waals surface area (Å²) < 4.78 is 11.6. The molecule has 1 aliphatic rings. The lowest BCUT2D eigenvalue weighted by Gasteiger charge is -2.36. The molecular weight excluding hydrogens is 258 g/mol. The van der Waals surface area contributed by atoms with Crippen LogP contribution in [-0.4, -0.2) is 30.2 Å². The van der Waals surface area contributed by atoms with E-state index in [9.17, 15) is 0 Å². The van der Waals surface area contributed by atoms with Crippen LogP contribution < -0.4 is 0 Å². The first-order chi connectivity index (χ1) is 7.15. The number of hydrogen-bond donors (Lipinski definition) is 0. The summed E-state index contributed by atoms with van der Waals surface area (Å²) in [5.74, 6) is 0. The van der Waals surface area contributed by atoms with Gasteiger partial charge in [-0.3, -0.25) is 4.90 Å². The fourth-order valence-electron chi connectivity index (χ4n) is 1.86. The van der Waals surface area contributed by atoms with Crippen molar-refractivity contribution in [2.24, 2.45) is 0 Å². The molecule has 3 nitrogen and oxygen atoms in total. The molecule has 1 saturated heterocycles. The van der Waals surface area contributed by atoms with Gasteiger partial charge < -0.3 is 9.15 Å². The third-order valence-corrected chi connectivity index (χ3v) is 3.16. The van der Waals surface area contributed by atoms with Crippen LogP contribution in [0.15, 0.2) is 21.4 Å². The van der Waals surface area contributed by atoms with E-state index in [2.05, 4.69) is 34.7 Å². The predicted molar refractivity (Wildman–Crippen MR) is 61.7 cm³/mol. The average Bonchev–Trinajstić information content (AvgIpc) is 2.58. The molecule has 0 saturated carbocycles. The molecule has 0 amide bonds. The zero-order valence-corrected chi connectivity index (χ0v) is 10.7. The molecule has 2 atom stereocenters. The number of rotatable bonds is 2. The van der Waals surface area contributed by atoms with Crippen molar-refractivity contribution in [1.29, 1.82) is 0 Å². The van der Waals surface area contributed by atoms with Gasteiger partial charge in [0, 0.05) is 24.7 Å². The Morgan fingerprint density at radius 2 is 2.33 bits per heavy atom. The van der Waals surface area contributed by atoms with Crippen LogP contribution in [-0.2, 0) is 11.3 Å². The summed E-state index contributed by atoms with van der Waals surface area (Å²) in [7, 11) is 0. The van der Waals surface area contributed by atoms with Crippen molar-refractivity contribution in [3.63, 3.8) is 0 Å². The van der Waals surface area contributed by atoms with Crippen LogP contribution in [0.2, 0.25) is 0 Å². The summed E-state index contributed by atoms with van der Waals surface area (Å²) in [5.41, 5.74) is 1.21. The number of ether oxygens (including phenoxy) is 1. The topological polar surface area (TPSA) is 25.6 Å². The lowest BCUT2D eigenvalue weighted by Crippen LogP contribution is -2.46. The summed E-state index contributed by atoms with van der Waals surface area (Å²) >= 11 is 3.31. The van der Waals surface area contributed by atoms with Crippen LogP contribution in [0, 0.1) is 0 Å². The van der Waals surface area contributed by atoms with Crippen LogP contribution in [0.5, 0.6) is 0 Å². The first kappa shape index (κ1) is 11.2. The molecule has 0 radical (unpaired) electrons. The molecule has 4 heteroatoms. The van der Waals surface area contributed by atoms with Crippen molar-refractivity contribution < 1.29 is 9.15 Å². The van der Waals surface area contributed by atoms with Gasteiger partial charge in [-0.05, 0) is 35.8 Å². The molecule has 2 rings (SSSR count). The molecule has 0 aromatic carbocycles. The van der Waals surface area contributed by atoms with Gasteiger partial charge in [0.05, 0.1) is 19.0 Å². The summed E-state index contributed by atoms with van der Waals surface area (Å²) in [6, 6.07) is 2.50. The van der Waals surface area contributed by atoms with Crippen molar-refractivity contribution in [3.05, 3.63) is 22.6 Å². The Morgan fingerprint density at radius 1 is 1.53 bits per heavy atom. The molecule has 1 aromatic heterocycles. The fourth-order valence-corrected chi connectivity index (χ4v) is 2.24. The van der Waals surface area contributed by atoms with E-state index in [-0.39, 0.29) is 0 Å². The third kappa shape index (κ3) is 2.83. The Balaban J connectivity index is 1.98. The highest BCUT2D eigenvalue weighted by Crippen LogP contribution is 2.19. The molecule has 1 aliphatic heterocycles. The van der Waals surface area contributed by atoms with Crippen LogP contribution in [0.4, 0.5) is 0 Å². The van der Waals surface area contributed by atoms with Gasteiger partial charge in [0.15, 0.2) is 4.67 Å². The van der Waals surface area contributed by atoms with E-state index in [0.29, 0.717) is 12.1 Å². The Hall–Kier alpha value is -0.320. The molecule has 0 spiro atoms. The minimum absolute atomic E-state index is 0.330. The number of nitrogens with zero attached hydrogens (tertiary/aromatic N) is 1. The zero-order valence-electron chi connectivity index (χ0n) is 9.07. The second-order valence-electron chi connectivity index (χ2n) is 4.18. The first-order valence-corrected chi connectivity index (χ1v) is 6.03. The van der Waals surface area contributed by atoms with Crippen LogP contribution in [0.1, 0.15) is 19.4 Å². The Morgan fingerprint density at radius 3 is 3.00 bits per heavy atom. The summed E-state index contributed by atoms with van der Waals surface area (Å²) in [4.78, 5) is 2.42. The van der Waals surface area contributed by atoms with E-state index in [1.807, 2.05) is 6.07 Å². The highest BCUT2D eigenvalue weighted by atomic mass is 79.9. The predicted octanol–water partition coefficient (Wildman–Crippen LogP) is 2.65. The second kappa shape index (κ2) is 4.68. The maximum atomic E-state index is 5.59. The molecule has 0 aliphatic carbocycles. The monoisotopic (exact) mass is 273 g/mol. The highest BCUT2D eigenvalue weighted by Gasteiger charge is 2.23. The number of morpholine rings is 1. The molecule has 0 bridgehead atoms. The molecule has 2 unspecified atom stereocenters. The molecule has 1 aromatic rings. The van der Waals surface area contributed by atoms with Crippen LogP contribution in [0.25, 0.3) is 0 Å². The molecule has 1 fully saturated rings. The summed E-state index contributed by atoms with van der Waals surface area (Å²) in [6.07, 6.45) is 2.13. The fraction of sp³-hybridized carbons (Fsp3) is 0.636. The van der Waals surface area contributed by atoms with E-state index in [1.165, 1.54) is 5.56 Å². The van der Waals surface area contributed by atoms with Crippen LogP contribution in [0.3, 0.4) is 0 Å². The lowest BCUT2D eigenvalue weighted by atomic mass is 10.2. The standard InChI is InChI=1S/C11H16BrNO2/c1-8-6-14-9(2)4-13(8)5-10-3-11(12)15-7-10/h3,7-9H,4-6H2,1-2H3. The average molecular weight is 274 g/mol. The van der Waals surface area contributed by atoms with Gasteiger partial charge >= 0.3 is 0 Å². The van der Waals surface area contributed by atoms with E-state index < -0.39 is 0 Å². The van der Waals surface area contributed by atoms with Crippen molar-refractivity contribution >= 4 is 15.9 Å². The molecule has 84 valence electrons. The van der Waals surface area contributed by atoms with E-state index in [0.717, 1.165) is 24.4 Å². The first-order valence-electron chi connectivity index (χ1n) is 5.23. The van der Waals surface area contributed by atoms with Gasteiger partial charge in [0.1, 0.15) is 0 Å². The van der Waals surface area contributed by atoms with Crippen molar-refractivity contribution in [2.75, 3.05) is 13.2 Å². The number of halogens is 1. The molecular formula is C11H16BrNO2. The minimum atomic E-state index is 0.330. The molecule has 15 heavy (non-hydrogen) atoms. The van der Waals surface area contributed by atoms with Gasteiger partial charge in [0.2, 0.25) is 0 Å². The quantitative estimate of drug-likeness (QED) is 0.829. The minimum Gasteiger partial charge on any atom is -0.457 e. The SMILES string of the molecule is CC1CN(Cc2coc(Br)c2)C(C)CO1. The van der Waals surface area contributed by atoms with Gasteiger partial charge in [-0.1, -0.05) is 0 Å². The second-order valence-corrected chi connectivity index (χ2v) is 4.96. The Bertz CT molecular complexity index is 326. The number of hydrogen-bond acceptors (Lipinski definition) is 3. The summed E-state index contributed by atoms with van der Waals surface area (Å²) in [5, 5.41) is 0.